The number of anilines is 1. The molecule has 53 heavy (non-hydrogen) atoms. The second kappa shape index (κ2) is 16.7. The lowest BCUT2D eigenvalue weighted by Gasteiger charge is -2.38. The number of nitro groups is 1. The Labute approximate surface area is 312 Å². The summed E-state index contributed by atoms with van der Waals surface area (Å²) in [4.78, 5) is 39.0. The van der Waals surface area contributed by atoms with Gasteiger partial charge in [0.2, 0.25) is 0 Å². The van der Waals surface area contributed by atoms with Crippen molar-refractivity contribution < 1.29 is 33.7 Å². The van der Waals surface area contributed by atoms with Gasteiger partial charge < -0.3 is 29.6 Å². The van der Waals surface area contributed by atoms with E-state index in [9.17, 15) is 24.8 Å². The standard InChI is InChI=1S/C41H48N4O7Si/c1-27-10-17-36(45(49)50)28(23-27)9-8-19-51-21-22-52-20-18-42-40(46)29-11-14-32(41(47)48)35(24-29)39-33-15-12-30(43(2)3)25-37(33)53(6,7)38-26-31(44(4)5)13-16-34(38)39/h10-17,23-26H,8-9,18-22H2,1-7H3,(H-,42,46,47,48). The summed E-state index contributed by atoms with van der Waals surface area (Å²) in [7, 11) is 5.75. The van der Waals surface area contributed by atoms with Gasteiger partial charge in [-0.15, -0.1) is 0 Å². The normalized spacial score (nSPS) is 14.3. The minimum atomic E-state index is -2.26. The van der Waals surface area contributed by atoms with Gasteiger partial charge in [-0.2, -0.15) is 0 Å². The number of carbonyl (C=O) groups is 2. The first-order valence-electron chi connectivity index (χ1n) is 17.8. The molecule has 3 aromatic rings. The average molecular weight is 737 g/mol. The number of carbonyl (C=O) groups excluding carboxylic acids is 2. The number of nitro benzene ring substituents is 1. The summed E-state index contributed by atoms with van der Waals surface area (Å²) in [5.41, 5.74) is 7.39. The quantitative estimate of drug-likeness (QED) is 0.0807. The number of rotatable bonds is 15. The van der Waals surface area contributed by atoms with Gasteiger partial charge in [0.05, 0.1) is 30.7 Å². The monoisotopic (exact) mass is 736 g/mol. The van der Waals surface area contributed by atoms with Gasteiger partial charge in [-0.05, 0) is 88.8 Å². The van der Waals surface area contributed by atoms with Gasteiger partial charge >= 0.3 is 0 Å². The van der Waals surface area contributed by atoms with E-state index in [0.717, 1.165) is 33.7 Å². The third kappa shape index (κ3) is 8.73. The fourth-order valence-corrected chi connectivity index (χ4v) is 9.93. The van der Waals surface area contributed by atoms with Crippen molar-refractivity contribution in [2.45, 2.75) is 32.9 Å². The Hall–Kier alpha value is -5.17. The second-order valence-electron chi connectivity index (χ2n) is 14.3. The molecule has 0 spiro atoms. The summed E-state index contributed by atoms with van der Waals surface area (Å²) in [6.07, 6.45) is 7.52. The van der Waals surface area contributed by atoms with Crippen LogP contribution in [-0.4, -0.2) is 96.3 Å². The van der Waals surface area contributed by atoms with E-state index >= 15 is 0 Å². The molecule has 0 fully saturated rings. The van der Waals surface area contributed by atoms with Crippen molar-refractivity contribution in [3.05, 3.63) is 127 Å². The SMILES string of the molecule is Cc1ccc([N+](=O)[O-])c(CCCOCCOCCNC(=O)c2ccc(C(=O)[O-])c(C3=C4C=CC(=[N+](C)C)C=C4[Si](C)(C)c4cc(N(C)C)ccc43)c2)c1. The predicted octanol–water partition coefficient (Wildman–Crippen LogP) is 4.21. The molecule has 1 heterocycles. The molecule has 278 valence electrons. The molecule has 1 amide bonds. The molecule has 0 saturated carbocycles. The maximum Gasteiger partial charge on any atom is 0.272 e. The zero-order valence-corrected chi connectivity index (χ0v) is 32.6. The van der Waals surface area contributed by atoms with Crippen LogP contribution in [0.25, 0.3) is 5.57 Å². The summed E-state index contributed by atoms with van der Waals surface area (Å²) in [5.74, 6) is -1.66. The molecule has 0 saturated heterocycles. The number of nitrogens with one attached hydrogen (secondary N) is 1. The molecule has 0 atom stereocenters. The lowest BCUT2D eigenvalue weighted by Crippen LogP contribution is -2.50. The molecule has 0 radical (unpaired) electrons. The van der Waals surface area contributed by atoms with E-state index in [1.165, 1.54) is 28.6 Å². The van der Waals surface area contributed by atoms with Crippen LogP contribution >= 0.6 is 0 Å². The zero-order chi connectivity index (χ0) is 38.4. The van der Waals surface area contributed by atoms with Crippen molar-refractivity contribution in [1.29, 1.82) is 0 Å². The number of fused-ring (bicyclic) bond motifs is 2. The van der Waals surface area contributed by atoms with E-state index in [2.05, 4.69) is 52.2 Å². The maximum absolute atomic E-state index is 13.4. The highest BCUT2D eigenvalue weighted by molar-refractivity contribution is 6.98. The molecule has 1 aliphatic heterocycles. The first-order chi connectivity index (χ1) is 25.2. The second-order valence-corrected chi connectivity index (χ2v) is 18.6. The minimum absolute atomic E-state index is 0.0173. The fraction of sp³-hybridized carbons (Fsp3) is 0.341. The van der Waals surface area contributed by atoms with Crippen LogP contribution < -0.4 is 20.5 Å². The van der Waals surface area contributed by atoms with Crippen molar-refractivity contribution in [3.63, 3.8) is 0 Å². The van der Waals surface area contributed by atoms with E-state index in [0.29, 0.717) is 49.4 Å². The Bertz CT molecular complexity index is 2060. The molecule has 5 rings (SSSR count). The zero-order valence-electron chi connectivity index (χ0n) is 31.6. The number of carboxylic acids is 1. The van der Waals surface area contributed by atoms with Crippen molar-refractivity contribution in [3.8, 4) is 0 Å². The topological polar surface area (TPSA) is 137 Å². The predicted molar refractivity (Wildman–Crippen MR) is 209 cm³/mol. The smallest absolute Gasteiger partial charge is 0.272 e. The number of allylic oxidation sites excluding steroid dienone is 5. The number of nitrogens with zero attached hydrogens (tertiary/aromatic N) is 3. The molecule has 1 aliphatic carbocycles. The van der Waals surface area contributed by atoms with Crippen LogP contribution in [0.4, 0.5) is 11.4 Å². The molecular formula is C41H48N4O7Si. The number of amides is 1. The Morgan fingerprint density at radius 3 is 2.32 bits per heavy atom. The molecular weight excluding hydrogens is 689 g/mol. The first-order valence-corrected chi connectivity index (χ1v) is 20.8. The highest BCUT2D eigenvalue weighted by Gasteiger charge is 2.41. The summed E-state index contributed by atoms with van der Waals surface area (Å²) in [6, 6.07) is 16.1. The molecule has 0 bridgehead atoms. The van der Waals surface area contributed by atoms with Crippen LogP contribution in [0, 0.1) is 17.0 Å². The lowest BCUT2D eigenvalue weighted by molar-refractivity contribution is -0.462. The number of aryl methyl sites for hydroxylation is 2. The van der Waals surface area contributed by atoms with E-state index in [1.54, 1.807) is 12.1 Å². The molecule has 11 nitrogen and oxygen atoms in total. The first kappa shape index (κ1) is 39.0. The van der Waals surface area contributed by atoms with Gasteiger partial charge in [0.1, 0.15) is 22.2 Å². The van der Waals surface area contributed by atoms with Crippen LogP contribution in [-0.2, 0) is 15.9 Å². The third-order valence-electron chi connectivity index (χ3n) is 9.77. The van der Waals surface area contributed by atoms with Gasteiger partial charge in [0, 0.05) is 67.8 Å². The third-order valence-corrected chi connectivity index (χ3v) is 13.3. The van der Waals surface area contributed by atoms with Crippen LogP contribution in [0.1, 0.15) is 49.4 Å². The number of carboxylic acid groups (broad SMARTS) is 1. The van der Waals surface area contributed by atoms with E-state index < -0.39 is 14.0 Å². The van der Waals surface area contributed by atoms with E-state index in [4.69, 9.17) is 9.47 Å². The van der Waals surface area contributed by atoms with Gasteiger partial charge in [0.15, 0.2) is 5.71 Å². The number of hydrogen-bond donors (Lipinski definition) is 1. The molecule has 2 aliphatic rings. The van der Waals surface area contributed by atoms with Crippen molar-refractivity contribution in [2.24, 2.45) is 0 Å². The maximum atomic E-state index is 13.4. The number of ether oxygens (including phenoxy) is 2. The van der Waals surface area contributed by atoms with Crippen molar-refractivity contribution in [1.82, 2.24) is 5.32 Å². The number of hydrogen-bond acceptors (Lipinski definition) is 8. The Morgan fingerprint density at radius 1 is 0.906 bits per heavy atom. The summed E-state index contributed by atoms with van der Waals surface area (Å²) < 4.78 is 13.4. The number of aromatic carboxylic acids is 1. The summed E-state index contributed by atoms with van der Waals surface area (Å²) in [5, 5.41) is 29.1. The highest BCUT2D eigenvalue weighted by Crippen LogP contribution is 2.43. The van der Waals surface area contributed by atoms with Crippen LogP contribution in [0.5, 0.6) is 0 Å². The fourth-order valence-electron chi connectivity index (χ4n) is 6.86. The highest BCUT2D eigenvalue weighted by atomic mass is 28.3. The lowest BCUT2D eigenvalue weighted by atomic mass is 9.86. The average Bonchev–Trinajstić information content (AvgIpc) is 3.11. The van der Waals surface area contributed by atoms with Crippen LogP contribution in [0.15, 0.2) is 83.6 Å². The van der Waals surface area contributed by atoms with Gasteiger partial charge in [-0.3, -0.25) is 14.9 Å². The molecule has 0 aromatic heterocycles. The Kier molecular flexibility index (Phi) is 12.3. The van der Waals surface area contributed by atoms with Gasteiger partial charge in [-0.25, -0.2) is 4.58 Å². The van der Waals surface area contributed by atoms with Crippen LogP contribution in [0.3, 0.4) is 0 Å². The van der Waals surface area contributed by atoms with Crippen molar-refractivity contribution >= 4 is 47.8 Å². The Morgan fingerprint density at radius 2 is 1.64 bits per heavy atom. The minimum Gasteiger partial charge on any atom is -0.545 e. The summed E-state index contributed by atoms with van der Waals surface area (Å²) in [6.45, 7) is 8.17. The van der Waals surface area contributed by atoms with Gasteiger partial charge in [0.25, 0.3) is 11.6 Å². The summed E-state index contributed by atoms with van der Waals surface area (Å²) >= 11 is 0. The van der Waals surface area contributed by atoms with E-state index in [-0.39, 0.29) is 35.2 Å². The molecule has 1 N–H and O–H groups in total. The molecule has 3 aromatic carbocycles. The van der Waals surface area contributed by atoms with Crippen molar-refractivity contribution in [2.75, 3.05) is 66.1 Å². The number of benzene rings is 3. The Balaban J connectivity index is 1.27. The molecule has 12 heteroatoms. The molecule has 0 unspecified atom stereocenters. The van der Waals surface area contributed by atoms with Gasteiger partial charge in [-0.1, -0.05) is 36.9 Å². The van der Waals surface area contributed by atoms with Crippen LogP contribution in [0.2, 0.25) is 13.1 Å². The van der Waals surface area contributed by atoms with E-state index in [1.807, 2.05) is 53.3 Å². The largest absolute Gasteiger partial charge is 0.545 e.